The molecular weight excluding hydrogens is 332 g/mol. The molecule has 0 unspecified atom stereocenters. The fourth-order valence-corrected chi connectivity index (χ4v) is 3.99. The first-order valence-electron chi connectivity index (χ1n) is 10.1. The largest absolute Gasteiger partial charge is 0.497 e. The normalized spacial score (nSPS) is 15.3. The lowest BCUT2D eigenvalue weighted by Gasteiger charge is -2.23. The van der Waals surface area contributed by atoms with E-state index in [0.717, 1.165) is 50.2 Å². The minimum Gasteiger partial charge on any atom is -0.497 e. The molecule has 0 amide bonds. The molecule has 0 bridgehead atoms. The molecule has 0 fully saturated rings. The molecule has 0 N–H and O–H groups in total. The van der Waals surface area contributed by atoms with Gasteiger partial charge in [-0.25, -0.2) is 0 Å². The smallest absolute Gasteiger partial charge is 0.119 e. The first-order valence-corrected chi connectivity index (χ1v) is 10.1. The number of hydrogen-bond acceptors (Lipinski definition) is 2. The van der Waals surface area contributed by atoms with Gasteiger partial charge in [0, 0.05) is 0 Å². The molecule has 0 saturated carbocycles. The average molecular weight is 360 g/mol. The SMILES string of the molecule is CCCCOc1ccc2c(c1)CCC(C1=Cc3ccc(OC)cc3CC1)=C2. The minimum absolute atomic E-state index is 0.813. The molecule has 0 saturated heterocycles. The van der Waals surface area contributed by atoms with E-state index >= 15 is 0 Å². The van der Waals surface area contributed by atoms with E-state index in [1.54, 1.807) is 7.11 Å². The zero-order valence-corrected chi connectivity index (χ0v) is 16.4. The maximum absolute atomic E-state index is 5.87. The van der Waals surface area contributed by atoms with Gasteiger partial charge in [0.1, 0.15) is 11.5 Å². The Hall–Kier alpha value is -2.48. The van der Waals surface area contributed by atoms with Crippen molar-refractivity contribution in [3.05, 3.63) is 69.8 Å². The van der Waals surface area contributed by atoms with Gasteiger partial charge in [0.25, 0.3) is 0 Å². The zero-order valence-electron chi connectivity index (χ0n) is 16.4. The lowest BCUT2D eigenvalue weighted by Crippen LogP contribution is -2.06. The standard InChI is InChI=1S/C25H28O2/c1-3-4-13-27-25-12-10-21-15-19(6-8-23(21)17-25)18-5-7-22-16-24(26-2)11-9-20(22)14-18/h9-12,14-17H,3-8,13H2,1-2H3. The molecule has 0 heterocycles. The van der Waals surface area contributed by atoms with E-state index in [2.05, 4.69) is 55.5 Å². The lowest BCUT2D eigenvalue weighted by atomic mass is 9.82. The van der Waals surface area contributed by atoms with E-state index in [4.69, 9.17) is 9.47 Å². The van der Waals surface area contributed by atoms with Gasteiger partial charge in [-0.05, 0) is 89.8 Å². The fourth-order valence-electron chi connectivity index (χ4n) is 3.99. The average Bonchev–Trinajstić information content (AvgIpc) is 2.72. The van der Waals surface area contributed by atoms with E-state index in [0.29, 0.717) is 0 Å². The summed E-state index contributed by atoms with van der Waals surface area (Å²) in [5.41, 5.74) is 8.47. The van der Waals surface area contributed by atoms with Gasteiger partial charge in [0.15, 0.2) is 0 Å². The van der Waals surface area contributed by atoms with Crippen LogP contribution in [0.4, 0.5) is 0 Å². The van der Waals surface area contributed by atoms with E-state index in [1.807, 2.05) is 0 Å². The van der Waals surface area contributed by atoms with E-state index in [1.165, 1.54) is 39.8 Å². The summed E-state index contributed by atoms with van der Waals surface area (Å²) < 4.78 is 11.2. The summed E-state index contributed by atoms with van der Waals surface area (Å²) in [6.45, 7) is 3.00. The van der Waals surface area contributed by atoms with Crippen molar-refractivity contribution in [2.75, 3.05) is 13.7 Å². The summed E-state index contributed by atoms with van der Waals surface area (Å²) >= 11 is 0. The Labute approximate surface area is 162 Å². The molecule has 0 aromatic heterocycles. The maximum Gasteiger partial charge on any atom is 0.119 e. The number of aryl methyl sites for hydroxylation is 2. The van der Waals surface area contributed by atoms with Crippen molar-refractivity contribution in [3.63, 3.8) is 0 Å². The van der Waals surface area contributed by atoms with Crippen LogP contribution in [0.25, 0.3) is 12.2 Å². The van der Waals surface area contributed by atoms with Gasteiger partial charge in [-0.15, -0.1) is 0 Å². The Kier molecular flexibility index (Phi) is 5.33. The van der Waals surface area contributed by atoms with Gasteiger partial charge in [0.05, 0.1) is 13.7 Å². The quantitative estimate of drug-likeness (QED) is 0.568. The highest BCUT2D eigenvalue weighted by molar-refractivity contribution is 5.72. The molecule has 0 aliphatic heterocycles. The third kappa shape index (κ3) is 3.95. The fraction of sp³-hybridized carbons (Fsp3) is 0.360. The molecule has 4 rings (SSSR count). The number of methoxy groups -OCH3 is 1. The Morgan fingerprint density at radius 1 is 0.778 bits per heavy atom. The molecule has 0 spiro atoms. The lowest BCUT2D eigenvalue weighted by molar-refractivity contribution is 0.309. The molecular formula is C25H28O2. The first-order chi connectivity index (χ1) is 13.3. The van der Waals surface area contributed by atoms with Crippen LogP contribution in [0.3, 0.4) is 0 Å². The Morgan fingerprint density at radius 2 is 1.37 bits per heavy atom. The number of allylic oxidation sites excluding steroid dienone is 2. The van der Waals surface area contributed by atoms with Gasteiger partial charge < -0.3 is 9.47 Å². The third-order valence-corrected chi connectivity index (χ3v) is 5.63. The summed E-state index contributed by atoms with van der Waals surface area (Å²) in [4.78, 5) is 0. The van der Waals surface area contributed by atoms with Crippen LogP contribution >= 0.6 is 0 Å². The second-order valence-electron chi connectivity index (χ2n) is 7.47. The topological polar surface area (TPSA) is 18.5 Å². The van der Waals surface area contributed by atoms with Gasteiger partial charge in [0.2, 0.25) is 0 Å². The second kappa shape index (κ2) is 8.04. The maximum atomic E-state index is 5.87. The van der Waals surface area contributed by atoms with Crippen LogP contribution in [0.15, 0.2) is 47.5 Å². The minimum atomic E-state index is 0.813. The molecule has 0 atom stereocenters. The molecule has 2 heteroatoms. The van der Waals surface area contributed by atoms with E-state index in [-0.39, 0.29) is 0 Å². The summed E-state index contributed by atoms with van der Waals surface area (Å²) in [5.74, 6) is 1.96. The monoisotopic (exact) mass is 360 g/mol. The van der Waals surface area contributed by atoms with Crippen molar-refractivity contribution in [1.29, 1.82) is 0 Å². The number of hydrogen-bond donors (Lipinski definition) is 0. The number of unbranched alkanes of at least 4 members (excludes halogenated alkanes) is 1. The summed E-state index contributed by atoms with van der Waals surface area (Å²) in [6.07, 6.45) is 11.4. The zero-order chi connectivity index (χ0) is 18.6. The molecule has 2 nitrogen and oxygen atoms in total. The number of fused-ring (bicyclic) bond motifs is 2. The van der Waals surface area contributed by atoms with Crippen molar-refractivity contribution >= 4 is 12.2 Å². The van der Waals surface area contributed by atoms with Gasteiger partial charge >= 0.3 is 0 Å². The molecule has 2 aliphatic carbocycles. The summed E-state index contributed by atoms with van der Waals surface area (Å²) in [7, 11) is 1.73. The van der Waals surface area contributed by atoms with E-state index < -0.39 is 0 Å². The third-order valence-electron chi connectivity index (χ3n) is 5.63. The predicted octanol–water partition coefficient (Wildman–Crippen LogP) is 6.23. The van der Waals surface area contributed by atoms with Crippen LogP contribution < -0.4 is 9.47 Å². The van der Waals surface area contributed by atoms with Gasteiger partial charge in [-0.3, -0.25) is 0 Å². The van der Waals surface area contributed by atoms with Crippen molar-refractivity contribution in [2.24, 2.45) is 0 Å². The summed E-state index contributed by atoms with van der Waals surface area (Å²) in [5, 5.41) is 0. The number of rotatable bonds is 6. The molecule has 2 aliphatic rings. The van der Waals surface area contributed by atoms with Crippen molar-refractivity contribution in [3.8, 4) is 11.5 Å². The summed E-state index contributed by atoms with van der Waals surface area (Å²) in [6, 6.07) is 13.0. The second-order valence-corrected chi connectivity index (χ2v) is 7.47. The van der Waals surface area contributed by atoms with Crippen LogP contribution in [0.5, 0.6) is 11.5 Å². The first kappa shape index (κ1) is 17.9. The Morgan fingerprint density at radius 3 is 1.96 bits per heavy atom. The highest BCUT2D eigenvalue weighted by Gasteiger charge is 2.18. The highest BCUT2D eigenvalue weighted by Crippen LogP contribution is 2.36. The highest BCUT2D eigenvalue weighted by atomic mass is 16.5. The van der Waals surface area contributed by atoms with Gasteiger partial charge in [-0.2, -0.15) is 0 Å². The Balaban J connectivity index is 1.54. The molecule has 140 valence electrons. The molecule has 2 aromatic rings. The molecule has 0 radical (unpaired) electrons. The van der Waals surface area contributed by atoms with Crippen molar-refractivity contribution in [2.45, 2.75) is 45.4 Å². The molecule has 27 heavy (non-hydrogen) atoms. The van der Waals surface area contributed by atoms with Crippen LogP contribution in [-0.4, -0.2) is 13.7 Å². The van der Waals surface area contributed by atoms with Crippen LogP contribution in [0.1, 0.15) is 54.9 Å². The van der Waals surface area contributed by atoms with Crippen LogP contribution in [0, 0.1) is 0 Å². The van der Waals surface area contributed by atoms with Gasteiger partial charge in [-0.1, -0.05) is 37.6 Å². The number of benzene rings is 2. The van der Waals surface area contributed by atoms with Crippen molar-refractivity contribution < 1.29 is 9.47 Å². The van der Waals surface area contributed by atoms with Crippen molar-refractivity contribution in [1.82, 2.24) is 0 Å². The molecule has 2 aromatic carbocycles. The van der Waals surface area contributed by atoms with E-state index in [9.17, 15) is 0 Å². The van der Waals surface area contributed by atoms with Crippen LogP contribution in [-0.2, 0) is 12.8 Å². The predicted molar refractivity (Wildman–Crippen MR) is 112 cm³/mol. The Bertz CT molecular complexity index is 889. The number of ether oxygens (including phenoxy) is 2. The van der Waals surface area contributed by atoms with Crippen LogP contribution in [0.2, 0.25) is 0 Å².